The fraction of sp³-hybridized carbons (Fsp3) is 0.600. The number of rotatable bonds is 5. The van der Waals surface area contributed by atoms with E-state index in [1.165, 1.54) is 25.9 Å². The van der Waals surface area contributed by atoms with Crippen LogP contribution in [0.15, 0.2) is 18.2 Å². The summed E-state index contributed by atoms with van der Waals surface area (Å²) in [4.78, 5) is 2.49. The Labute approximate surface area is 115 Å². The van der Waals surface area contributed by atoms with Crippen molar-refractivity contribution in [3.8, 4) is 11.5 Å². The molecule has 2 rings (SSSR count). The van der Waals surface area contributed by atoms with Crippen molar-refractivity contribution in [2.75, 3.05) is 39.2 Å². The quantitative estimate of drug-likeness (QED) is 0.886. The number of benzene rings is 1. The molecule has 4 heteroatoms. The van der Waals surface area contributed by atoms with Crippen LogP contribution >= 0.6 is 0 Å². The molecule has 4 nitrogen and oxygen atoms in total. The number of anilines is 1. The van der Waals surface area contributed by atoms with Crippen molar-refractivity contribution in [1.82, 2.24) is 4.90 Å². The molecule has 1 aromatic rings. The number of hydrogen-bond acceptors (Lipinski definition) is 4. The third-order valence-electron chi connectivity index (χ3n) is 3.79. The number of nitrogens with zero attached hydrogens (tertiary/aromatic N) is 1. The van der Waals surface area contributed by atoms with Gasteiger partial charge in [0.25, 0.3) is 0 Å². The lowest BCUT2D eigenvalue weighted by Crippen LogP contribution is -2.38. The van der Waals surface area contributed by atoms with Crippen LogP contribution in [-0.4, -0.2) is 44.8 Å². The first kappa shape index (κ1) is 14.0. The van der Waals surface area contributed by atoms with Gasteiger partial charge in [0.15, 0.2) is 11.5 Å². The third kappa shape index (κ3) is 3.53. The predicted octanol–water partition coefficient (Wildman–Crippen LogP) is 2.60. The Kier molecular flexibility index (Phi) is 4.91. The van der Waals surface area contributed by atoms with Gasteiger partial charge < -0.3 is 19.7 Å². The Morgan fingerprint density at radius 2 is 1.84 bits per heavy atom. The zero-order valence-corrected chi connectivity index (χ0v) is 12.1. The molecule has 0 amide bonds. The van der Waals surface area contributed by atoms with Crippen LogP contribution < -0.4 is 14.8 Å². The molecule has 0 saturated carbocycles. The topological polar surface area (TPSA) is 33.7 Å². The zero-order valence-electron chi connectivity index (χ0n) is 12.1. The van der Waals surface area contributed by atoms with Crippen LogP contribution in [0, 0.1) is 0 Å². The second kappa shape index (κ2) is 6.66. The fourth-order valence-electron chi connectivity index (χ4n) is 2.56. The third-order valence-corrected chi connectivity index (χ3v) is 3.79. The molecule has 1 aliphatic rings. The molecule has 0 radical (unpaired) electrons. The lowest BCUT2D eigenvalue weighted by atomic mass is 10.0. The summed E-state index contributed by atoms with van der Waals surface area (Å²) in [5.74, 6) is 1.55. The molecule has 1 saturated heterocycles. The largest absolute Gasteiger partial charge is 0.493 e. The average molecular weight is 264 g/mol. The van der Waals surface area contributed by atoms with Gasteiger partial charge in [-0.2, -0.15) is 0 Å². The van der Waals surface area contributed by atoms with Gasteiger partial charge in [0.05, 0.1) is 14.2 Å². The Hall–Kier alpha value is -1.42. The van der Waals surface area contributed by atoms with Crippen LogP contribution in [0.3, 0.4) is 0 Å². The second-order valence-electron chi connectivity index (χ2n) is 4.92. The Balaban J connectivity index is 1.96. The maximum absolute atomic E-state index is 5.33. The number of methoxy groups -OCH3 is 2. The average Bonchev–Trinajstić information content (AvgIpc) is 2.48. The summed E-state index contributed by atoms with van der Waals surface area (Å²) in [6.07, 6.45) is 2.39. The highest BCUT2D eigenvalue weighted by Crippen LogP contribution is 2.30. The number of nitrogens with one attached hydrogen (secondary N) is 1. The van der Waals surface area contributed by atoms with Gasteiger partial charge in [-0.3, -0.25) is 0 Å². The summed E-state index contributed by atoms with van der Waals surface area (Å²) < 4.78 is 10.6. The fourth-order valence-corrected chi connectivity index (χ4v) is 2.56. The predicted molar refractivity (Wildman–Crippen MR) is 78.3 cm³/mol. The van der Waals surface area contributed by atoms with E-state index < -0.39 is 0 Å². The first-order valence-corrected chi connectivity index (χ1v) is 6.97. The summed E-state index contributed by atoms with van der Waals surface area (Å²) in [6, 6.07) is 6.56. The Bertz CT molecular complexity index is 401. The van der Waals surface area contributed by atoms with E-state index in [4.69, 9.17) is 9.47 Å². The molecule has 0 aliphatic carbocycles. The lowest BCUT2D eigenvalue weighted by Gasteiger charge is -2.32. The van der Waals surface area contributed by atoms with E-state index in [0.717, 1.165) is 23.7 Å². The molecular formula is C15H24N2O2. The van der Waals surface area contributed by atoms with E-state index in [-0.39, 0.29) is 0 Å². The molecule has 1 heterocycles. The minimum atomic E-state index is 0.556. The monoisotopic (exact) mass is 264 g/mol. The van der Waals surface area contributed by atoms with Crippen molar-refractivity contribution in [1.29, 1.82) is 0 Å². The SMILES string of the molecule is CCN1CCC(Nc2ccc(OC)c(OC)c2)CC1. The molecule has 0 spiro atoms. The molecule has 0 aromatic heterocycles. The summed E-state index contributed by atoms with van der Waals surface area (Å²) in [7, 11) is 3.33. The first-order chi connectivity index (χ1) is 9.26. The number of likely N-dealkylation sites (tertiary alicyclic amines) is 1. The minimum absolute atomic E-state index is 0.556. The van der Waals surface area contributed by atoms with Crippen molar-refractivity contribution in [2.45, 2.75) is 25.8 Å². The summed E-state index contributed by atoms with van der Waals surface area (Å²) in [5, 5.41) is 3.59. The van der Waals surface area contributed by atoms with Gasteiger partial charge in [-0.05, 0) is 31.5 Å². The van der Waals surface area contributed by atoms with Gasteiger partial charge in [-0.25, -0.2) is 0 Å². The zero-order chi connectivity index (χ0) is 13.7. The van der Waals surface area contributed by atoms with Crippen LogP contribution in [0.1, 0.15) is 19.8 Å². The first-order valence-electron chi connectivity index (χ1n) is 6.97. The smallest absolute Gasteiger partial charge is 0.162 e. The van der Waals surface area contributed by atoms with E-state index in [1.54, 1.807) is 14.2 Å². The molecule has 0 unspecified atom stereocenters. The molecule has 0 atom stereocenters. The summed E-state index contributed by atoms with van der Waals surface area (Å²) in [6.45, 7) is 5.74. The van der Waals surface area contributed by atoms with Crippen molar-refractivity contribution < 1.29 is 9.47 Å². The van der Waals surface area contributed by atoms with E-state index in [2.05, 4.69) is 17.1 Å². The molecule has 1 fully saturated rings. The molecule has 1 N–H and O–H groups in total. The number of piperidine rings is 1. The number of hydrogen-bond donors (Lipinski definition) is 1. The van der Waals surface area contributed by atoms with Crippen LogP contribution in [-0.2, 0) is 0 Å². The van der Waals surface area contributed by atoms with Gasteiger partial charge in [-0.1, -0.05) is 6.92 Å². The number of ether oxygens (including phenoxy) is 2. The highest BCUT2D eigenvalue weighted by atomic mass is 16.5. The molecule has 1 aliphatic heterocycles. The minimum Gasteiger partial charge on any atom is -0.493 e. The van der Waals surface area contributed by atoms with Crippen molar-refractivity contribution in [2.24, 2.45) is 0 Å². The van der Waals surface area contributed by atoms with Crippen molar-refractivity contribution >= 4 is 5.69 Å². The van der Waals surface area contributed by atoms with E-state index in [1.807, 2.05) is 18.2 Å². The van der Waals surface area contributed by atoms with Crippen LogP contribution in [0.2, 0.25) is 0 Å². The second-order valence-corrected chi connectivity index (χ2v) is 4.92. The normalized spacial score (nSPS) is 17.2. The molecule has 106 valence electrons. The highest BCUT2D eigenvalue weighted by molar-refractivity contribution is 5.55. The van der Waals surface area contributed by atoms with Crippen LogP contribution in [0.25, 0.3) is 0 Å². The van der Waals surface area contributed by atoms with Gasteiger partial charge in [-0.15, -0.1) is 0 Å². The summed E-state index contributed by atoms with van der Waals surface area (Å²) >= 11 is 0. The molecular weight excluding hydrogens is 240 g/mol. The lowest BCUT2D eigenvalue weighted by molar-refractivity contribution is 0.229. The van der Waals surface area contributed by atoms with E-state index in [0.29, 0.717) is 6.04 Å². The Morgan fingerprint density at radius 3 is 2.42 bits per heavy atom. The van der Waals surface area contributed by atoms with E-state index >= 15 is 0 Å². The summed E-state index contributed by atoms with van der Waals surface area (Å²) in [5.41, 5.74) is 1.10. The maximum atomic E-state index is 5.33. The molecule has 19 heavy (non-hydrogen) atoms. The van der Waals surface area contributed by atoms with Gasteiger partial charge in [0, 0.05) is 30.9 Å². The molecule has 1 aromatic carbocycles. The maximum Gasteiger partial charge on any atom is 0.162 e. The van der Waals surface area contributed by atoms with Crippen molar-refractivity contribution in [3.63, 3.8) is 0 Å². The Morgan fingerprint density at radius 1 is 1.16 bits per heavy atom. The molecule has 0 bridgehead atoms. The van der Waals surface area contributed by atoms with Gasteiger partial charge >= 0.3 is 0 Å². The van der Waals surface area contributed by atoms with Crippen molar-refractivity contribution in [3.05, 3.63) is 18.2 Å². The van der Waals surface area contributed by atoms with Crippen LogP contribution in [0.5, 0.6) is 11.5 Å². The standard InChI is InChI=1S/C15H24N2O2/c1-4-17-9-7-12(8-10-17)16-13-5-6-14(18-2)15(11-13)19-3/h5-6,11-12,16H,4,7-10H2,1-3H3. The van der Waals surface area contributed by atoms with E-state index in [9.17, 15) is 0 Å². The highest BCUT2D eigenvalue weighted by Gasteiger charge is 2.18. The van der Waals surface area contributed by atoms with Crippen LogP contribution in [0.4, 0.5) is 5.69 Å². The van der Waals surface area contributed by atoms with Gasteiger partial charge in [0.1, 0.15) is 0 Å². The van der Waals surface area contributed by atoms with Gasteiger partial charge in [0.2, 0.25) is 0 Å².